The van der Waals surface area contributed by atoms with E-state index in [4.69, 9.17) is 4.74 Å². The summed E-state index contributed by atoms with van der Waals surface area (Å²) in [6.07, 6.45) is 6.04. The molecule has 0 radical (unpaired) electrons. The molecule has 8 heteroatoms. The molecule has 0 N–H and O–H groups in total. The SMILES string of the molecule is COCC(=O)N1Cc2ccccc2N(C(C)=O)CCC2CCCC(C1)N2Cc1nccs1. The van der Waals surface area contributed by atoms with Gasteiger partial charge in [-0.2, -0.15) is 0 Å². The van der Waals surface area contributed by atoms with E-state index < -0.39 is 0 Å². The molecule has 2 amide bonds. The molecule has 2 unspecified atom stereocenters. The summed E-state index contributed by atoms with van der Waals surface area (Å²) in [6.45, 7) is 4.26. The lowest BCUT2D eigenvalue weighted by Gasteiger charge is -2.43. The first kappa shape index (κ1) is 22.9. The van der Waals surface area contributed by atoms with E-state index in [0.29, 0.717) is 25.7 Å². The van der Waals surface area contributed by atoms with Crippen molar-refractivity contribution in [3.63, 3.8) is 0 Å². The fourth-order valence-electron chi connectivity index (χ4n) is 5.03. The molecular weight excluding hydrogens is 424 g/mol. The molecule has 1 fully saturated rings. The van der Waals surface area contributed by atoms with Gasteiger partial charge in [0, 0.05) is 63.0 Å². The topological polar surface area (TPSA) is 66.0 Å². The third kappa shape index (κ3) is 5.19. The number of carbonyl (C=O) groups is 2. The van der Waals surface area contributed by atoms with E-state index in [1.54, 1.807) is 25.4 Å². The van der Waals surface area contributed by atoms with Crippen molar-refractivity contribution in [3.8, 4) is 0 Å². The van der Waals surface area contributed by atoms with Crippen LogP contribution in [0, 0.1) is 0 Å². The predicted molar refractivity (Wildman–Crippen MR) is 125 cm³/mol. The second-order valence-electron chi connectivity index (χ2n) is 8.63. The molecule has 0 aliphatic carbocycles. The van der Waals surface area contributed by atoms with Crippen LogP contribution in [0.5, 0.6) is 0 Å². The summed E-state index contributed by atoms with van der Waals surface area (Å²) in [5, 5.41) is 3.11. The highest BCUT2D eigenvalue weighted by atomic mass is 32.1. The van der Waals surface area contributed by atoms with Crippen molar-refractivity contribution in [2.45, 2.75) is 57.8 Å². The monoisotopic (exact) mass is 456 g/mol. The normalized spacial score (nSPS) is 22.2. The lowest BCUT2D eigenvalue weighted by Crippen LogP contribution is -2.52. The van der Waals surface area contributed by atoms with E-state index in [0.717, 1.165) is 48.5 Å². The molecule has 2 atom stereocenters. The van der Waals surface area contributed by atoms with Gasteiger partial charge in [-0.1, -0.05) is 24.6 Å². The van der Waals surface area contributed by atoms with Crippen molar-refractivity contribution in [2.75, 3.05) is 31.7 Å². The van der Waals surface area contributed by atoms with Gasteiger partial charge >= 0.3 is 0 Å². The average molecular weight is 457 g/mol. The van der Waals surface area contributed by atoms with Gasteiger partial charge in [0.15, 0.2) is 0 Å². The number of ether oxygens (including phenoxy) is 1. The molecule has 4 rings (SSSR count). The molecule has 2 aliphatic rings. The minimum absolute atomic E-state index is 0.0211. The first-order valence-electron chi connectivity index (χ1n) is 11.3. The Morgan fingerprint density at radius 2 is 2.00 bits per heavy atom. The third-order valence-corrected chi connectivity index (χ3v) is 7.34. The van der Waals surface area contributed by atoms with Crippen LogP contribution in [0.1, 0.15) is 43.2 Å². The number of para-hydroxylation sites is 1. The van der Waals surface area contributed by atoms with Crippen LogP contribution in [0.25, 0.3) is 0 Å². The maximum absolute atomic E-state index is 13.0. The molecule has 2 bridgehead atoms. The number of thiazole rings is 1. The number of piperidine rings is 1. The van der Waals surface area contributed by atoms with Crippen molar-refractivity contribution in [1.29, 1.82) is 0 Å². The maximum atomic E-state index is 13.0. The minimum Gasteiger partial charge on any atom is -0.375 e. The van der Waals surface area contributed by atoms with Crippen molar-refractivity contribution in [2.24, 2.45) is 0 Å². The van der Waals surface area contributed by atoms with E-state index in [1.807, 2.05) is 45.6 Å². The van der Waals surface area contributed by atoms with Gasteiger partial charge in [0.25, 0.3) is 0 Å². The number of hydrogen-bond acceptors (Lipinski definition) is 6. The average Bonchev–Trinajstić information content (AvgIpc) is 3.28. The number of benzene rings is 1. The molecule has 1 aromatic carbocycles. The molecule has 32 heavy (non-hydrogen) atoms. The van der Waals surface area contributed by atoms with E-state index in [-0.39, 0.29) is 24.5 Å². The largest absolute Gasteiger partial charge is 0.375 e. The molecule has 3 heterocycles. The number of amides is 2. The predicted octanol–water partition coefficient (Wildman–Crippen LogP) is 3.30. The molecule has 0 saturated carbocycles. The van der Waals surface area contributed by atoms with Crippen LogP contribution < -0.4 is 4.90 Å². The van der Waals surface area contributed by atoms with Gasteiger partial charge in [-0.05, 0) is 30.9 Å². The van der Waals surface area contributed by atoms with Crippen molar-refractivity contribution in [1.82, 2.24) is 14.8 Å². The van der Waals surface area contributed by atoms with Crippen LogP contribution >= 0.6 is 11.3 Å². The number of carbonyl (C=O) groups excluding carboxylic acids is 2. The highest BCUT2D eigenvalue weighted by molar-refractivity contribution is 7.09. The summed E-state index contributed by atoms with van der Waals surface area (Å²) in [7, 11) is 1.56. The second-order valence-corrected chi connectivity index (χ2v) is 9.61. The quantitative estimate of drug-likeness (QED) is 0.706. The summed E-state index contributed by atoms with van der Waals surface area (Å²) < 4.78 is 5.20. The Morgan fingerprint density at radius 1 is 1.19 bits per heavy atom. The Kier molecular flexibility index (Phi) is 7.55. The van der Waals surface area contributed by atoms with Crippen LogP contribution in [0.4, 0.5) is 5.69 Å². The minimum atomic E-state index is -0.0211. The third-order valence-electron chi connectivity index (χ3n) is 6.58. The van der Waals surface area contributed by atoms with E-state index in [1.165, 1.54) is 0 Å². The lowest BCUT2D eigenvalue weighted by molar-refractivity contribution is -0.137. The summed E-state index contributed by atoms with van der Waals surface area (Å²) in [5.41, 5.74) is 1.90. The van der Waals surface area contributed by atoms with Crippen LogP contribution in [0.15, 0.2) is 35.8 Å². The van der Waals surface area contributed by atoms with Crippen molar-refractivity contribution >= 4 is 28.8 Å². The maximum Gasteiger partial charge on any atom is 0.248 e. The molecular formula is C24H32N4O3S. The Balaban J connectivity index is 1.72. The van der Waals surface area contributed by atoms with Crippen LogP contribution in [0.2, 0.25) is 0 Å². The molecule has 2 aromatic rings. The number of nitrogens with zero attached hydrogens (tertiary/aromatic N) is 4. The molecule has 0 spiro atoms. The van der Waals surface area contributed by atoms with Gasteiger partial charge in [0.2, 0.25) is 11.8 Å². The smallest absolute Gasteiger partial charge is 0.248 e. The van der Waals surface area contributed by atoms with E-state index >= 15 is 0 Å². The molecule has 2 aliphatic heterocycles. The summed E-state index contributed by atoms with van der Waals surface area (Å²) in [6, 6.07) is 8.56. The van der Waals surface area contributed by atoms with Crippen molar-refractivity contribution in [3.05, 3.63) is 46.4 Å². The molecule has 7 nitrogen and oxygen atoms in total. The Bertz CT molecular complexity index is 920. The Hall–Kier alpha value is -2.29. The zero-order valence-corrected chi connectivity index (χ0v) is 19.7. The number of rotatable bonds is 4. The standard InChI is InChI=1S/C24H32N4O3S/c1-18(29)27-12-10-20-7-5-8-21(28(20)16-23-25-11-13-32-23)15-26(24(30)17-31-2)14-19-6-3-4-9-22(19)27/h3-4,6,9,11,13,20-21H,5,7-8,10,12,14-17H2,1-2H3. The molecule has 1 aromatic heterocycles. The van der Waals surface area contributed by atoms with Gasteiger partial charge in [-0.3, -0.25) is 14.5 Å². The summed E-state index contributed by atoms with van der Waals surface area (Å²) in [5.74, 6) is 0.0116. The van der Waals surface area contributed by atoms with Gasteiger partial charge in [-0.15, -0.1) is 11.3 Å². The highest BCUT2D eigenvalue weighted by Crippen LogP contribution is 2.31. The lowest BCUT2D eigenvalue weighted by atomic mass is 9.93. The first-order valence-corrected chi connectivity index (χ1v) is 12.2. The van der Waals surface area contributed by atoms with Crippen LogP contribution in [-0.4, -0.2) is 65.5 Å². The second kappa shape index (κ2) is 10.6. The highest BCUT2D eigenvalue weighted by Gasteiger charge is 2.34. The van der Waals surface area contributed by atoms with Gasteiger partial charge in [0.1, 0.15) is 11.6 Å². The first-order chi connectivity index (χ1) is 15.6. The number of fused-ring (bicyclic) bond motifs is 3. The Labute approximate surface area is 194 Å². The Morgan fingerprint density at radius 3 is 2.75 bits per heavy atom. The fraction of sp³-hybridized carbons (Fsp3) is 0.542. The van der Waals surface area contributed by atoms with Crippen LogP contribution in [0.3, 0.4) is 0 Å². The zero-order chi connectivity index (χ0) is 22.5. The number of anilines is 1. The number of hydrogen-bond donors (Lipinski definition) is 0. The molecule has 1 saturated heterocycles. The summed E-state index contributed by atoms with van der Waals surface area (Å²) >= 11 is 1.67. The number of aromatic nitrogens is 1. The van der Waals surface area contributed by atoms with Gasteiger partial charge in [-0.25, -0.2) is 4.98 Å². The van der Waals surface area contributed by atoms with E-state index in [9.17, 15) is 9.59 Å². The van der Waals surface area contributed by atoms with Crippen LogP contribution in [-0.2, 0) is 27.4 Å². The van der Waals surface area contributed by atoms with Crippen molar-refractivity contribution < 1.29 is 14.3 Å². The molecule has 172 valence electrons. The van der Waals surface area contributed by atoms with E-state index in [2.05, 4.69) is 9.88 Å². The van der Waals surface area contributed by atoms with Gasteiger partial charge in [0.05, 0.1) is 6.54 Å². The zero-order valence-electron chi connectivity index (χ0n) is 18.9. The fourth-order valence-corrected chi connectivity index (χ4v) is 5.66. The summed E-state index contributed by atoms with van der Waals surface area (Å²) in [4.78, 5) is 36.5. The number of methoxy groups -OCH3 is 1. The van der Waals surface area contributed by atoms with Gasteiger partial charge < -0.3 is 14.5 Å².